The Bertz CT molecular complexity index is 968. The van der Waals surface area contributed by atoms with Crippen molar-refractivity contribution in [2.45, 2.75) is 0 Å². The van der Waals surface area contributed by atoms with Crippen molar-refractivity contribution in [2.24, 2.45) is 0 Å². The van der Waals surface area contributed by atoms with Crippen molar-refractivity contribution in [1.82, 2.24) is 0 Å². The Morgan fingerprint density at radius 3 is 2.83 bits per heavy atom. The SMILES string of the molecule is COc1cc2oc(=O)sc2cc1C(=O)/C=C/c1ccccc1Cl. The molecular formula is C17H11ClO4S. The molecule has 3 aromatic rings. The van der Waals surface area contributed by atoms with Gasteiger partial charge in [-0.25, -0.2) is 4.79 Å². The molecule has 0 aliphatic heterocycles. The van der Waals surface area contributed by atoms with E-state index < -0.39 is 4.94 Å². The van der Waals surface area contributed by atoms with Gasteiger partial charge in [-0.3, -0.25) is 4.79 Å². The van der Waals surface area contributed by atoms with Crippen LogP contribution in [0.2, 0.25) is 5.02 Å². The number of ketones is 1. The molecule has 0 saturated heterocycles. The van der Waals surface area contributed by atoms with Crippen molar-refractivity contribution in [2.75, 3.05) is 7.11 Å². The van der Waals surface area contributed by atoms with Gasteiger partial charge in [0.15, 0.2) is 11.4 Å². The van der Waals surface area contributed by atoms with E-state index in [0.717, 1.165) is 16.9 Å². The summed E-state index contributed by atoms with van der Waals surface area (Å²) >= 11 is 7.01. The maximum Gasteiger partial charge on any atom is 0.396 e. The van der Waals surface area contributed by atoms with Gasteiger partial charge in [-0.15, -0.1) is 0 Å². The molecule has 0 saturated carbocycles. The molecule has 1 heterocycles. The van der Waals surface area contributed by atoms with E-state index in [0.29, 0.717) is 26.6 Å². The van der Waals surface area contributed by atoms with Gasteiger partial charge >= 0.3 is 4.94 Å². The van der Waals surface area contributed by atoms with E-state index in [-0.39, 0.29) is 5.78 Å². The quantitative estimate of drug-likeness (QED) is 0.518. The molecule has 1 aromatic heterocycles. The van der Waals surface area contributed by atoms with E-state index in [2.05, 4.69) is 0 Å². The van der Waals surface area contributed by atoms with Crippen LogP contribution in [0.1, 0.15) is 15.9 Å². The molecule has 6 heteroatoms. The third kappa shape index (κ3) is 3.21. The number of ether oxygens (including phenoxy) is 1. The number of halogens is 1. The summed E-state index contributed by atoms with van der Waals surface area (Å²) in [7, 11) is 1.46. The first-order valence-electron chi connectivity index (χ1n) is 6.67. The van der Waals surface area contributed by atoms with Crippen molar-refractivity contribution in [1.29, 1.82) is 0 Å². The lowest BCUT2D eigenvalue weighted by Crippen LogP contribution is -1.98. The number of fused-ring (bicyclic) bond motifs is 1. The highest BCUT2D eigenvalue weighted by Crippen LogP contribution is 2.28. The zero-order chi connectivity index (χ0) is 16.4. The third-order valence-corrected chi connectivity index (χ3v) is 4.37. The van der Waals surface area contributed by atoms with E-state index in [1.165, 1.54) is 13.2 Å². The standard InChI is InChI=1S/C17H11ClO4S/c1-21-14-9-15-16(23-17(20)22-15)8-11(14)13(19)7-6-10-4-2-3-5-12(10)18/h2-9H,1H3/b7-6+. The zero-order valence-corrected chi connectivity index (χ0v) is 13.6. The fourth-order valence-corrected chi connectivity index (χ4v) is 3.02. The van der Waals surface area contributed by atoms with Crippen LogP contribution in [0.4, 0.5) is 0 Å². The van der Waals surface area contributed by atoms with Crippen LogP contribution in [0.25, 0.3) is 16.4 Å². The van der Waals surface area contributed by atoms with Gasteiger partial charge in [-0.2, -0.15) is 0 Å². The first-order valence-corrected chi connectivity index (χ1v) is 7.86. The van der Waals surface area contributed by atoms with Gasteiger partial charge in [0.05, 0.1) is 17.4 Å². The van der Waals surface area contributed by atoms with Crippen LogP contribution >= 0.6 is 22.9 Å². The van der Waals surface area contributed by atoms with Crippen molar-refractivity contribution < 1.29 is 13.9 Å². The Hall–Kier alpha value is -2.37. The molecule has 116 valence electrons. The molecule has 4 nitrogen and oxygen atoms in total. The Balaban J connectivity index is 2.00. The number of hydrogen-bond acceptors (Lipinski definition) is 5. The molecule has 3 rings (SSSR count). The second kappa shape index (κ2) is 6.40. The molecule has 0 radical (unpaired) electrons. The van der Waals surface area contributed by atoms with Crippen LogP contribution in [0.3, 0.4) is 0 Å². The maximum absolute atomic E-state index is 12.4. The van der Waals surface area contributed by atoms with Crippen LogP contribution in [-0.4, -0.2) is 12.9 Å². The van der Waals surface area contributed by atoms with E-state index in [4.69, 9.17) is 20.8 Å². The second-order valence-corrected chi connectivity index (χ2v) is 6.06. The fraction of sp³-hybridized carbons (Fsp3) is 0.0588. The van der Waals surface area contributed by atoms with E-state index in [1.807, 2.05) is 18.2 Å². The van der Waals surface area contributed by atoms with Crippen molar-refractivity contribution >= 4 is 45.1 Å². The molecule has 0 unspecified atom stereocenters. The topological polar surface area (TPSA) is 56.5 Å². The minimum atomic E-state index is -0.418. The Morgan fingerprint density at radius 2 is 2.09 bits per heavy atom. The molecule has 2 aromatic carbocycles. The molecule has 0 N–H and O–H groups in total. The number of rotatable bonds is 4. The number of carbonyl (C=O) groups excluding carboxylic acids is 1. The van der Waals surface area contributed by atoms with E-state index in [1.54, 1.807) is 24.3 Å². The summed E-state index contributed by atoms with van der Waals surface area (Å²) in [5.74, 6) is 0.109. The molecule has 0 aliphatic carbocycles. The highest BCUT2D eigenvalue weighted by Gasteiger charge is 2.14. The molecule has 0 fully saturated rings. The summed E-state index contributed by atoms with van der Waals surface area (Å²) in [6, 6.07) is 10.4. The highest BCUT2D eigenvalue weighted by molar-refractivity contribution is 7.16. The zero-order valence-electron chi connectivity index (χ0n) is 12.0. The number of carbonyl (C=O) groups is 1. The van der Waals surface area contributed by atoms with Crippen LogP contribution in [0.15, 0.2) is 51.7 Å². The van der Waals surface area contributed by atoms with E-state index in [9.17, 15) is 9.59 Å². The van der Waals surface area contributed by atoms with Crippen molar-refractivity contribution in [3.8, 4) is 5.75 Å². The summed E-state index contributed by atoms with van der Waals surface area (Å²) < 4.78 is 10.8. The summed E-state index contributed by atoms with van der Waals surface area (Å²) in [4.78, 5) is 23.3. The lowest BCUT2D eigenvalue weighted by molar-refractivity contribution is 0.104. The number of hydrogen-bond donors (Lipinski definition) is 0. The van der Waals surface area contributed by atoms with Gasteiger partial charge in [-0.1, -0.05) is 41.1 Å². The van der Waals surface area contributed by atoms with Crippen molar-refractivity contribution in [3.05, 3.63) is 68.4 Å². The van der Waals surface area contributed by atoms with Crippen LogP contribution in [0, 0.1) is 0 Å². The molecule has 23 heavy (non-hydrogen) atoms. The molecule has 0 aliphatic rings. The number of methoxy groups -OCH3 is 1. The molecule has 0 atom stereocenters. The first-order chi connectivity index (χ1) is 11.1. The monoisotopic (exact) mass is 346 g/mol. The molecule has 0 spiro atoms. The number of allylic oxidation sites excluding steroid dienone is 1. The number of benzene rings is 2. The van der Waals surface area contributed by atoms with Crippen LogP contribution < -0.4 is 9.68 Å². The fourth-order valence-electron chi connectivity index (χ4n) is 2.13. The maximum atomic E-state index is 12.4. The third-order valence-electron chi connectivity index (χ3n) is 3.24. The highest BCUT2D eigenvalue weighted by atomic mass is 35.5. The predicted octanol–water partition coefficient (Wildman–Crippen LogP) is 4.41. The summed E-state index contributed by atoms with van der Waals surface area (Å²) in [6.45, 7) is 0. The Kier molecular flexibility index (Phi) is 4.32. The smallest absolute Gasteiger partial charge is 0.396 e. The normalized spacial score (nSPS) is 11.2. The second-order valence-electron chi connectivity index (χ2n) is 4.67. The predicted molar refractivity (Wildman–Crippen MR) is 91.7 cm³/mol. The van der Waals surface area contributed by atoms with Crippen molar-refractivity contribution in [3.63, 3.8) is 0 Å². The lowest BCUT2D eigenvalue weighted by Gasteiger charge is -2.05. The molecular weight excluding hydrogens is 336 g/mol. The Labute approximate surface area is 140 Å². The van der Waals surface area contributed by atoms with Gasteiger partial charge in [0.25, 0.3) is 0 Å². The minimum absolute atomic E-state index is 0.246. The van der Waals surface area contributed by atoms with Gasteiger partial charge < -0.3 is 9.15 Å². The largest absolute Gasteiger partial charge is 0.496 e. The Morgan fingerprint density at radius 1 is 1.30 bits per heavy atom. The van der Waals surface area contributed by atoms with Gasteiger partial charge in [-0.05, 0) is 29.8 Å². The van der Waals surface area contributed by atoms with Gasteiger partial charge in [0.2, 0.25) is 0 Å². The minimum Gasteiger partial charge on any atom is -0.496 e. The summed E-state index contributed by atoms with van der Waals surface area (Å²) in [5, 5.41) is 0.562. The van der Waals surface area contributed by atoms with Crippen LogP contribution in [0.5, 0.6) is 5.75 Å². The molecule has 0 amide bonds. The van der Waals surface area contributed by atoms with Crippen LogP contribution in [-0.2, 0) is 0 Å². The molecule has 0 bridgehead atoms. The summed E-state index contributed by atoms with van der Waals surface area (Å²) in [5.41, 5.74) is 1.51. The summed E-state index contributed by atoms with van der Waals surface area (Å²) in [6.07, 6.45) is 3.07. The van der Waals surface area contributed by atoms with E-state index >= 15 is 0 Å². The first kappa shape index (κ1) is 15.5. The van der Waals surface area contributed by atoms with Gasteiger partial charge in [0, 0.05) is 11.1 Å². The average Bonchev–Trinajstić information content (AvgIpc) is 2.91. The lowest BCUT2D eigenvalue weighted by atomic mass is 10.1. The average molecular weight is 347 g/mol. The van der Waals surface area contributed by atoms with Gasteiger partial charge in [0.1, 0.15) is 5.75 Å².